The first-order chi connectivity index (χ1) is 9.88. The molecule has 0 radical (unpaired) electrons. The summed E-state index contributed by atoms with van der Waals surface area (Å²) < 4.78 is 11.0. The van der Waals surface area contributed by atoms with E-state index >= 15 is 0 Å². The molecule has 5 heteroatoms. The first kappa shape index (κ1) is 21.3. The molecule has 0 fully saturated rings. The fourth-order valence-electron chi connectivity index (χ4n) is 1.72. The highest BCUT2D eigenvalue weighted by Gasteiger charge is 2.37. The fraction of sp³-hybridized carbons (Fsp3) is 0.824. The van der Waals surface area contributed by atoms with Crippen LogP contribution in [0.1, 0.15) is 41.5 Å². The van der Waals surface area contributed by atoms with Gasteiger partial charge >= 0.3 is 5.97 Å². The number of ether oxygens (including phenoxy) is 1. The molecule has 0 aliphatic heterocycles. The van der Waals surface area contributed by atoms with Gasteiger partial charge in [-0.05, 0) is 18.1 Å². The molecule has 4 nitrogen and oxygen atoms in total. The molecule has 0 aliphatic rings. The molecule has 0 amide bonds. The van der Waals surface area contributed by atoms with E-state index in [1.165, 1.54) is 6.92 Å². The second kappa shape index (κ2) is 8.84. The second-order valence-corrected chi connectivity index (χ2v) is 12.4. The Hall–Kier alpha value is -0.653. The van der Waals surface area contributed by atoms with Crippen molar-refractivity contribution >= 4 is 14.3 Å². The van der Waals surface area contributed by atoms with Crippen molar-refractivity contribution in [2.45, 2.75) is 65.8 Å². The van der Waals surface area contributed by atoms with Crippen molar-refractivity contribution in [2.24, 2.45) is 11.8 Å². The molecule has 22 heavy (non-hydrogen) atoms. The topological polar surface area (TPSA) is 55.8 Å². The highest BCUT2D eigenvalue weighted by atomic mass is 28.4. The quantitative estimate of drug-likeness (QED) is 0.418. The first-order valence-electron chi connectivity index (χ1n) is 8.00. The summed E-state index contributed by atoms with van der Waals surface area (Å²) in [6, 6.07) is 0. The smallest absolute Gasteiger partial charge is 0.302 e. The van der Waals surface area contributed by atoms with Gasteiger partial charge in [-0.1, -0.05) is 46.8 Å². The third-order valence-corrected chi connectivity index (χ3v) is 8.96. The second-order valence-electron chi connectivity index (χ2n) is 7.63. The van der Waals surface area contributed by atoms with Crippen LogP contribution in [-0.4, -0.2) is 38.7 Å². The van der Waals surface area contributed by atoms with Gasteiger partial charge in [-0.2, -0.15) is 0 Å². The number of rotatable bonds is 8. The highest BCUT2D eigenvalue weighted by Crippen LogP contribution is 2.37. The Morgan fingerprint density at radius 3 is 2.27 bits per heavy atom. The molecule has 0 rings (SSSR count). The summed E-state index contributed by atoms with van der Waals surface area (Å²) in [7, 11) is -1.78. The van der Waals surface area contributed by atoms with E-state index in [9.17, 15) is 9.90 Å². The predicted molar refractivity (Wildman–Crippen MR) is 93.3 cm³/mol. The van der Waals surface area contributed by atoms with Crippen LogP contribution < -0.4 is 0 Å². The third-order valence-electron chi connectivity index (χ3n) is 4.46. The van der Waals surface area contributed by atoms with Crippen molar-refractivity contribution in [1.82, 2.24) is 0 Å². The number of carbonyl (C=O) groups excluding carboxylic acids is 1. The maximum atomic E-state index is 10.7. The molecule has 1 N–H and O–H groups in total. The van der Waals surface area contributed by atoms with Gasteiger partial charge in [0.2, 0.25) is 0 Å². The third kappa shape index (κ3) is 7.56. The molecule has 0 aromatic rings. The lowest BCUT2D eigenvalue weighted by molar-refractivity contribution is -0.139. The summed E-state index contributed by atoms with van der Waals surface area (Å²) in [5.74, 6) is -0.245. The lowest BCUT2D eigenvalue weighted by Gasteiger charge is -2.37. The highest BCUT2D eigenvalue weighted by molar-refractivity contribution is 6.74. The van der Waals surface area contributed by atoms with Crippen LogP contribution >= 0.6 is 0 Å². The van der Waals surface area contributed by atoms with Gasteiger partial charge < -0.3 is 14.3 Å². The van der Waals surface area contributed by atoms with Gasteiger partial charge in [-0.25, -0.2) is 0 Å². The number of carbonyl (C=O) groups is 1. The van der Waals surface area contributed by atoms with E-state index in [0.717, 1.165) is 0 Å². The van der Waals surface area contributed by atoms with Crippen LogP contribution in [0.15, 0.2) is 12.2 Å². The minimum absolute atomic E-state index is 0.00595. The van der Waals surface area contributed by atoms with Crippen LogP contribution in [0.25, 0.3) is 0 Å². The van der Waals surface area contributed by atoms with E-state index in [0.29, 0.717) is 6.61 Å². The van der Waals surface area contributed by atoms with Crippen molar-refractivity contribution < 1.29 is 19.1 Å². The molecule has 0 spiro atoms. The number of hydrogen-bond donors (Lipinski definition) is 1. The average Bonchev–Trinajstić information content (AvgIpc) is 2.38. The zero-order valence-electron chi connectivity index (χ0n) is 15.5. The number of aliphatic hydroxyl groups is 1. The standard InChI is InChI=1S/C17H34O4Si/c1-13(10-9-11-20-15(3)18)16(19)14(2)12-21-22(7,8)17(4,5)6/h9-10,13-14,16,19H,11-12H2,1-8H3/b10-9+/t13-,14-,16-/m1/s1. The van der Waals surface area contributed by atoms with Gasteiger partial charge in [0, 0.05) is 25.4 Å². The molecule has 130 valence electrons. The zero-order chi connectivity index (χ0) is 17.6. The number of esters is 1. The Labute approximate surface area is 137 Å². The van der Waals surface area contributed by atoms with Crippen molar-refractivity contribution in [3.8, 4) is 0 Å². The first-order valence-corrected chi connectivity index (χ1v) is 10.9. The molecule has 0 aromatic heterocycles. The summed E-state index contributed by atoms with van der Waals surface area (Å²) in [6.45, 7) is 17.2. The Morgan fingerprint density at radius 2 is 1.82 bits per heavy atom. The van der Waals surface area contributed by atoms with Gasteiger partial charge in [-0.15, -0.1) is 0 Å². The summed E-state index contributed by atoms with van der Waals surface area (Å²) in [6.07, 6.45) is 3.19. The van der Waals surface area contributed by atoms with Crippen LogP contribution in [0.4, 0.5) is 0 Å². The van der Waals surface area contributed by atoms with E-state index in [1.54, 1.807) is 6.08 Å². The molecule has 0 saturated heterocycles. The Kier molecular flexibility index (Phi) is 8.58. The van der Waals surface area contributed by atoms with E-state index < -0.39 is 14.4 Å². The number of hydrogen-bond acceptors (Lipinski definition) is 4. The monoisotopic (exact) mass is 330 g/mol. The molecule has 0 bridgehead atoms. The average molecular weight is 331 g/mol. The fourth-order valence-corrected chi connectivity index (χ4v) is 2.84. The molecule has 0 heterocycles. The normalized spacial score (nSPS) is 17.3. The van der Waals surface area contributed by atoms with E-state index in [1.807, 2.05) is 19.9 Å². The number of aliphatic hydroxyl groups excluding tert-OH is 1. The van der Waals surface area contributed by atoms with Gasteiger partial charge in [0.15, 0.2) is 8.32 Å². The Morgan fingerprint density at radius 1 is 1.27 bits per heavy atom. The van der Waals surface area contributed by atoms with Crippen LogP contribution in [-0.2, 0) is 14.0 Å². The molecule has 0 aliphatic carbocycles. The maximum Gasteiger partial charge on any atom is 0.302 e. The SMILES string of the molecule is CC(=O)OC/C=C/[C@@H](C)[C@@H](O)[C@H](C)CO[Si](C)(C)C(C)(C)C. The summed E-state index contributed by atoms with van der Waals surface area (Å²) in [5.41, 5.74) is 0. The minimum atomic E-state index is -1.78. The molecule has 0 unspecified atom stereocenters. The van der Waals surface area contributed by atoms with Crippen molar-refractivity contribution in [3.63, 3.8) is 0 Å². The zero-order valence-corrected chi connectivity index (χ0v) is 16.5. The van der Waals surface area contributed by atoms with Gasteiger partial charge in [0.1, 0.15) is 6.61 Å². The van der Waals surface area contributed by atoms with E-state index in [-0.39, 0.29) is 29.5 Å². The molecule has 3 atom stereocenters. The lowest BCUT2D eigenvalue weighted by atomic mass is 9.94. The summed E-state index contributed by atoms with van der Waals surface area (Å²) in [4.78, 5) is 10.7. The predicted octanol–water partition coefficient (Wildman–Crippen LogP) is 3.76. The van der Waals surface area contributed by atoms with Crippen LogP contribution in [0, 0.1) is 11.8 Å². The Balaban J connectivity index is 4.36. The molecular formula is C17H34O4Si. The molecular weight excluding hydrogens is 296 g/mol. The van der Waals surface area contributed by atoms with Gasteiger partial charge in [0.05, 0.1) is 6.10 Å². The van der Waals surface area contributed by atoms with Crippen molar-refractivity contribution in [1.29, 1.82) is 0 Å². The Bertz CT molecular complexity index is 371. The molecule has 0 saturated carbocycles. The van der Waals surface area contributed by atoms with Crippen LogP contribution in [0.5, 0.6) is 0 Å². The summed E-state index contributed by atoms with van der Waals surface area (Å²) >= 11 is 0. The maximum absolute atomic E-state index is 10.7. The van der Waals surface area contributed by atoms with Crippen LogP contribution in [0.3, 0.4) is 0 Å². The van der Waals surface area contributed by atoms with E-state index in [4.69, 9.17) is 9.16 Å². The van der Waals surface area contributed by atoms with Crippen molar-refractivity contribution in [3.05, 3.63) is 12.2 Å². The van der Waals surface area contributed by atoms with Gasteiger partial charge in [0.25, 0.3) is 0 Å². The van der Waals surface area contributed by atoms with Crippen molar-refractivity contribution in [2.75, 3.05) is 13.2 Å². The lowest BCUT2D eigenvalue weighted by Crippen LogP contribution is -2.43. The van der Waals surface area contributed by atoms with E-state index in [2.05, 4.69) is 33.9 Å². The summed E-state index contributed by atoms with van der Waals surface area (Å²) in [5, 5.41) is 10.5. The minimum Gasteiger partial charge on any atom is -0.462 e. The molecule has 0 aromatic carbocycles. The van der Waals surface area contributed by atoms with Crippen LogP contribution in [0.2, 0.25) is 18.1 Å². The largest absolute Gasteiger partial charge is 0.462 e. The van der Waals surface area contributed by atoms with Gasteiger partial charge in [-0.3, -0.25) is 4.79 Å².